The molecule has 4 heteroatoms. The maximum Gasteiger partial charge on any atom is 0.337 e. The summed E-state index contributed by atoms with van der Waals surface area (Å²) in [6.45, 7) is 4.06. The molecule has 0 atom stereocenters. The number of carbonyl (C=O) groups is 1. The normalized spacial score (nSPS) is 16.7. The quantitative estimate of drug-likeness (QED) is 0.894. The number of hydrogen-bond acceptors (Lipinski definition) is 3. The van der Waals surface area contributed by atoms with E-state index in [9.17, 15) is 9.90 Å². The van der Waals surface area contributed by atoms with Crippen LogP contribution < -0.4 is 9.64 Å². The molecule has 1 aromatic carbocycles. The molecule has 1 heterocycles. The average molecular weight is 249 g/mol. The SMILES string of the molecule is COc1ccc(C(=O)O)c(N2CCC(C)CC2)c1. The van der Waals surface area contributed by atoms with E-state index < -0.39 is 5.97 Å². The Kier molecular flexibility index (Phi) is 3.75. The average Bonchev–Trinajstić information content (AvgIpc) is 2.38. The van der Waals surface area contributed by atoms with Crippen LogP contribution in [0.2, 0.25) is 0 Å². The van der Waals surface area contributed by atoms with E-state index in [1.807, 2.05) is 6.07 Å². The molecule has 0 spiro atoms. The Hall–Kier alpha value is -1.71. The summed E-state index contributed by atoms with van der Waals surface area (Å²) in [7, 11) is 1.60. The van der Waals surface area contributed by atoms with Gasteiger partial charge in [0.15, 0.2) is 0 Å². The highest BCUT2D eigenvalue weighted by Gasteiger charge is 2.21. The van der Waals surface area contributed by atoms with Gasteiger partial charge >= 0.3 is 5.97 Å². The molecule has 98 valence electrons. The van der Waals surface area contributed by atoms with E-state index >= 15 is 0 Å². The van der Waals surface area contributed by atoms with Gasteiger partial charge in [0.05, 0.1) is 18.4 Å². The molecule has 1 aromatic rings. The highest BCUT2D eigenvalue weighted by molar-refractivity contribution is 5.94. The van der Waals surface area contributed by atoms with Crippen LogP contribution in [0.4, 0.5) is 5.69 Å². The second-order valence-electron chi connectivity index (χ2n) is 4.86. The standard InChI is InChI=1S/C14H19NO3/c1-10-5-7-15(8-6-10)13-9-11(18-2)3-4-12(13)14(16)17/h3-4,9-10H,5-8H2,1-2H3,(H,16,17). The number of carboxylic acid groups (broad SMARTS) is 1. The molecule has 0 bridgehead atoms. The first-order chi connectivity index (χ1) is 8.61. The number of carboxylic acids is 1. The Balaban J connectivity index is 2.31. The van der Waals surface area contributed by atoms with E-state index in [1.165, 1.54) is 0 Å². The predicted molar refractivity (Wildman–Crippen MR) is 70.6 cm³/mol. The first-order valence-corrected chi connectivity index (χ1v) is 6.28. The van der Waals surface area contributed by atoms with Crippen LogP contribution in [0.5, 0.6) is 5.75 Å². The first kappa shape index (κ1) is 12.7. The Morgan fingerprint density at radius 2 is 2.06 bits per heavy atom. The largest absolute Gasteiger partial charge is 0.497 e. The molecule has 4 nitrogen and oxygen atoms in total. The molecule has 1 aliphatic rings. The Morgan fingerprint density at radius 3 is 2.61 bits per heavy atom. The van der Waals surface area contributed by atoms with Crippen molar-refractivity contribution in [2.24, 2.45) is 5.92 Å². The van der Waals surface area contributed by atoms with E-state index in [2.05, 4.69) is 11.8 Å². The summed E-state index contributed by atoms with van der Waals surface area (Å²) in [6, 6.07) is 5.13. The molecule has 0 radical (unpaired) electrons. The molecule has 1 saturated heterocycles. The molecule has 2 rings (SSSR count). The van der Waals surface area contributed by atoms with Crippen molar-refractivity contribution in [1.29, 1.82) is 0 Å². The minimum Gasteiger partial charge on any atom is -0.497 e. The van der Waals surface area contributed by atoms with Gasteiger partial charge in [0.25, 0.3) is 0 Å². The molecule has 18 heavy (non-hydrogen) atoms. The second-order valence-corrected chi connectivity index (χ2v) is 4.86. The summed E-state index contributed by atoms with van der Waals surface area (Å²) in [5, 5.41) is 9.24. The zero-order chi connectivity index (χ0) is 13.1. The summed E-state index contributed by atoms with van der Waals surface area (Å²) >= 11 is 0. The molecule has 1 aliphatic heterocycles. The topological polar surface area (TPSA) is 49.8 Å². The van der Waals surface area contributed by atoms with Gasteiger partial charge in [-0.2, -0.15) is 0 Å². The van der Waals surface area contributed by atoms with Gasteiger partial charge in [-0.05, 0) is 30.9 Å². The number of ether oxygens (including phenoxy) is 1. The van der Waals surface area contributed by atoms with Crippen LogP contribution in [0.15, 0.2) is 18.2 Å². The van der Waals surface area contributed by atoms with Crippen molar-refractivity contribution >= 4 is 11.7 Å². The molecule has 0 saturated carbocycles. The monoisotopic (exact) mass is 249 g/mol. The third kappa shape index (κ3) is 2.58. The lowest BCUT2D eigenvalue weighted by Gasteiger charge is -2.33. The Bertz CT molecular complexity index is 437. The summed E-state index contributed by atoms with van der Waals surface area (Å²) < 4.78 is 5.18. The summed E-state index contributed by atoms with van der Waals surface area (Å²) in [5.41, 5.74) is 1.12. The van der Waals surface area contributed by atoms with Gasteiger partial charge in [0.2, 0.25) is 0 Å². The fourth-order valence-corrected chi connectivity index (χ4v) is 2.33. The van der Waals surface area contributed by atoms with Gasteiger partial charge in [0, 0.05) is 19.2 Å². The van der Waals surface area contributed by atoms with Gasteiger partial charge < -0.3 is 14.7 Å². The van der Waals surface area contributed by atoms with E-state index in [4.69, 9.17) is 4.74 Å². The number of piperidine rings is 1. The van der Waals surface area contributed by atoms with Crippen LogP contribution in [0.25, 0.3) is 0 Å². The minimum atomic E-state index is -0.883. The zero-order valence-corrected chi connectivity index (χ0v) is 10.8. The number of nitrogens with zero attached hydrogens (tertiary/aromatic N) is 1. The van der Waals surface area contributed by atoms with Crippen LogP contribution in [0, 0.1) is 5.92 Å². The maximum atomic E-state index is 11.3. The summed E-state index contributed by atoms with van der Waals surface area (Å²) in [5.74, 6) is 0.542. The predicted octanol–water partition coefficient (Wildman–Crippen LogP) is 2.63. The van der Waals surface area contributed by atoms with Crippen LogP contribution in [-0.4, -0.2) is 31.3 Å². The van der Waals surface area contributed by atoms with Crippen molar-refractivity contribution in [3.05, 3.63) is 23.8 Å². The van der Waals surface area contributed by atoms with E-state index in [-0.39, 0.29) is 0 Å². The highest BCUT2D eigenvalue weighted by atomic mass is 16.5. The minimum absolute atomic E-state index is 0.352. The molecule has 0 aromatic heterocycles. The lowest BCUT2D eigenvalue weighted by atomic mass is 9.98. The smallest absolute Gasteiger partial charge is 0.337 e. The van der Waals surface area contributed by atoms with E-state index in [0.717, 1.165) is 37.5 Å². The van der Waals surface area contributed by atoms with Crippen molar-refractivity contribution in [3.63, 3.8) is 0 Å². The van der Waals surface area contributed by atoms with Crippen molar-refractivity contribution in [1.82, 2.24) is 0 Å². The van der Waals surface area contributed by atoms with Crippen molar-refractivity contribution in [3.8, 4) is 5.75 Å². The molecular weight excluding hydrogens is 230 g/mol. The van der Waals surface area contributed by atoms with Gasteiger partial charge in [-0.1, -0.05) is 6.92 Å². The number of methoxy groups -OCH3 is 1. The van der Waals surface area contributed by atoms with Gasteiger partial charge in [0.1, 0.15) is 5.75 Å². The van der Waals surface area contributed by atoms with Crippen LogP contribution >= 0.6 is 0 Å². The Morgan fingerprint density at radius 1 is 1.39 bits per heavy atom. The van der Waals surface area contributed by atoms with Gasteiger partial charge in [-0.3, -0.25) is 0 Å². The van der Waals surface area contributed by atoms with Crippen molar-refractivity contribution in [2.45, 2.75) is 19.8 Å². The number of aromatic carboxylic acids is 1. The number of benzene rings is 1. The van der Waals surface area contributed by atoms with Gasteiger partial charge in [-0.25, -0.2) is 4.79 Å². The molecule has 0 aliphatic carbocycles. The summed E-state index contributed by atoms with van der Waals surface area (Å²) in [6.07, 6.45) is 2.21. The van der Waals surface area contributed by atoms with Crippen LogP contribution in [0.1, 0.15) is 30.1 Å². The molecule has 0 amide bonds. The lowest BCUT2D eigenvalue weighted by Crippen LogP contribution is -2.33. The highest BCUT2D eigenvalue weighted by Crippen LogP contribution is 2.29. The van der Waals surface area contributed by atoms with Crippen molar-refractivity contribution in [2.75, 3.05) is 25.1 Å². The number of anilines is 1. The molecular formula is C14H19NO3. The fraction of sp³-hybridized carbons (Fsp3) is 0.500. The van der Waals surface area contributed by atoms with Crippen molar-refractivity contribution < 1.29 is 14.6 Å². The van der Waals surface area contributed by atoms with E-state index in [1.54, 1.807) is 19.2 Å². The first-order valence-electron chi connectivity index (χ1n) is 6.28. The van der Waals surface area contributed by atoms with Gasteiger partial charge in [-0.15, -0.1) is 0 Å². The third-order valence-electron chi connectivity index (χ3n) is 3.56. The van der Waals surface area contributed by atoms with E-state index in [0.29, 0.717) is 11.3 Å². The molecule has 1 fully saturated rings. The number of hydrogen-bond donors (Lipinski definition) is 1. The maximum absolute atomic E-state index is 11.3. The molecule has 0 unspecified atom stereocenters. The van der Waals surface area contributed by atoms with Crippen LogP contribution in [0.3, 0.4) is 0 Å². The fourth-order valence-electron chi connectivity index (χ4n) is 2.33. The lowest BCUT2D eigenvalue weighted by molar-refractivity contribution is 0.0697. The third-order valence-corrected chi connectivity index (χ3v) is 3.56. The number of rotatable bonds is 3. The molecule has 1 N–H and O–H groups in total. The van der Waals surface area contributed by atoms with Crippen LogP contribution in [-0.2, 0) is 0 Å². The zero-order valence-electron chi connectivity index (χ0n) is 10.8. The second kappa shape index (κ2) is 5.29. The Labute approximate surface area is 107 Å². The summed E-state index contributed by atoms with van der Waals surface area (Å²) in [4.78, 5) is 13.4.